The molecular weight excluding hydrogens is 354 g/mol. The molecule has 0 spiro atoms. The van der Waals surface area contributed by atoms with Gasteiger partial charge in [0.15, 0.2) is 11.4 Å². The molecule has 0 aliphatic heterocycles. The van der Waals surface area contributed by atoms with Crippen LogP contribution in [0.1, 0.15) is 17.7 Å². The summed E-state index contributed by atoms with van der Waals surface area (Å²) in [5.74, 6) is -0.311. The summed E-state index contributed by atoms with van der Waals surface area (Å²) in [5.41, 5.74) is 1.66. The molecule has 1 amide bonds. The highest BCUT2D eigenvalue weighted by molar-refractivity contribution is 5.92. The van der Waals surface area contributed by atoms with Gasteiger partial charge in [0.05, 0.1) is 23.5 Å². The van der Waals surface area contributed by atoms with Crippen molar-refractivity contribution < 1.29 is 18.3 Å². The van der Waals surface area contributed by atoms with Crippen molar-refractivity contribution >= 4 is 11.8 Å². The van der Waals surface area contributed by atoms with Crippen molar-refractivity contribution in [2.24, 2.45) is 7.05 Å². The first-order valence-electron chi connectivity index (χ1n) is 7.88. The molecule has 0 aliphatic rings. The van der Waals surface area contributed by atoms with Gasteiger partial charge in [0.2, 0.25) is 0 Å². The fraction of sp³-hybridized carbons (Fsp3) is 0.105. The number of rotatable bonds is 4. The van der Waals surface area contributed by atoms with E-state index in [0.717, 1.165) is 10.2 Å². The van der Waals surface area contributed by atoms with E-state index in [1.807, 2.05) is 0 Å². The standard InChI is InChI=1S/C19H14F2N4O2/c1-25-11-16(17(24-25)18(20)21)27-19(26)23-15-8-3-2-7-14(15)13-6-4-5-12(9-13)10-22/h2-9,11,18H,1H3,(H,23,26). The van der Waals surface area contributed by atoms with Gasteiger partial charge < -0.3 is 4.74 Å². The Labute approximate surface area is 153 Å². The van der Waals surface area contributed by atoms with E-state index in [0.29, 0.717) is 16.8 Å². The van der Waals surface area contributed by atoms with E-state index in [2.05, 4.69) is 16.5 Å². The summed E-state index contributed by atoms with van der Waals surface area (Å²) in [6.45, 7) is 0. The molecule has 0 aliphatic carbocycles. The van der Waals surface area contributed by atoms with Crippen LogP contribution in [0.3, 0.4) is 0 Å². The van der Waals surface area contributed by atoms with Crippen LogP contribution in [0.2, 0.25) is 0 Å². The van der Waals surface area contributed by atoms with Crippen molar-refractivity contribution in [3.8, 4) is 22.9 Å². The topological polar surface area (TPSA) is 79.9 Å². The lowest BCUT2D eigenvalue weighted by atomic mass is 10.0. The number of anilines is 1. The van der Waals surface area contributed by atoms with E-state index in [9.17, 15) is 13.6 Å². The van der Waals surface area contributed by atoms with Crippen molar-refractivity contribution in [3.63, 3.8) is 0 Å². The van der Waals surface area contributed by atoms with Crippen molar-refractivity contribution in [2.75, 3.05) is 5.32 Å². The summed E-state index contributed by atoms with van der Waals surface area (Å²) in [6, 6.07) is 15.8. The number of carbonyl (C=O) groups excluding carboxylic acids is 1. The van der Waals surface area contributed by atoms with Crippen LogP contribution in [-0.4, -0.2) is 15.9 Å². The number of hydrogen-bond donors (Lipinski definition) is 1. The molecular formula is C19H14F2N4O2. The summed E-state index contributed by atoms with van der Waals surface area (Å²) in [5, 5.41) is 15.2. The first-order valence-corrected chi connectivity index (χ1v) is 7.88. The van der Waals surface area contributed by atoms with Crippen molar-refractivity contribution in [2.45, 2.75) is 6.43 Å². The smallest absolute Gasteiger partial charge is 0.406 e. The number of nitrogens with zero attached hydrogens (tertiary/aromatic N) is 3. The third kappa shape index (κ3) is 4.10. The number of nitriles is 1. The fourth-order valence-electron chi connectivity index (χ4n) is 2.55. The fourth-order valence-corrected chi connectivity index (χ4v) is 2.55. The molecule has 6 nitrogen and oxygen atoms in total. The second-order valence-corrected chi connectivity index (χ2v) is 5.61. The SMILES string of the molecule is Cn1cc(OC(=O)Nc2ccccc2-c2cccc(C#N)c2)c(C(F)F)n1. The first-order chi connectivity index (χ1) is 13.0. The lowest BCUT2D eigenvalue weighted by Crippen LogP contribution is -2.17. The summed E-state index contributed by atoms with van der Waals surface area (Å²) < 4.78 is 32.1. The summed E-state index contributed by atoms with van der Waals surface area (Å²) >= 11 is 0. The lowest BCUT2D eigenvalue weighted by molar-refractivity contribution is 0.141. The summed E-state index contributed by atoms with van der Waals surface area (Å²) in [6.07, 6.45) is -2.59. The Morgan fingerprint density at radius 2 is 2.04 bits per heavy atom. The zero-order valence-corrected chi connectivity index (χ0v) is 14.2. The second-order valence-electron chi connectivity index (χ2n) is 5.61. The largest absolute Gasteiger partial charge is 0.417 e. The quantitative estimate of drug-likeness (QED) is 0.735. The Morgan fingerprint density at radius 3 is 2.78 bits per heavy atom. The van der Waals surface area contributed by atoms with E-state index in [4.69, 9.17) is 10.00 Å². The number of benzene rings is 2. The molecule has 1 heterocycles. The average molecular weight is 368 g/mol. The molecule has 3 aromatic rings. The van der Waals surface area contributed by atoms with E-state index >= 15 is 0 Å². The molecule has 136 valence electrons. The maximum absolute atomic E-state index is 13.0. The number of ether oxygens (including phenoxy) is 1. The number of amides is 1. The van der Waals surface area contributed by atoms with Crippen molar-refractivity contribution in [3.05, 3.63) is 66.0 Å². The molecule has 8 heteroatoms. The Kier molecular flexibility index (Phi) is 5.13. The van der Waals surface area contributed by atoms with Crippen LogP contribution in [-0.2, 0) is 7.05 Å². The van der Waals surface area contributed by atoms with Crippen LogP contribution in [0, 0.1) is 11.3 Å². The lowest BCUT2D eigenvalue weighted by Gasteiger charge is -2.11. The van der Waals surface area contributed by atoms with Crippen LogP contribution in [0.15, 0.2) is 54.7 Å². The highest BCUT2D eigenvalue weighted by Gasteiger charge is 2.21. The summed E-state index contributed by atoms with van der Waals surface area (Å²) in [7, 11) is 1.45. The van der Waals surface area contributed by atoms with Gasteiger partial charge in [0, 0.05) is 12.6 Å². The van der Waals surface area contributed by atoms with Crippen LogP contribution in [0.5, 0.6) is 5.75 Å². The van der Waals surface area contributed by atoms with E-state index in [-0.39, 0.29) is 5.75 Å². The number of aryl methyl sites for hydroxylation is 1. The minimum atomic E-state index is -2.87. The average Bonchev–Trinajstić information content (AvgIpc) is 3.02. The van der Waals surface area contributed by atoms with Gasteiger partial charge in [-0.25, -0.2) is 13.6 Å². The van der Waals surface area contributed by atoms with Gasteiger partial charge in [-0.2, -0.15) is 10.4 Å². The van der Waals surface area contributed by atoms with Crippen LogP contribution < -0.4 is 10.1 Å². The molecule has 2 aromatic carbocycles. The van der Waals surface area contributed by atoms with Crippen LogP contribution in [0.4, 0.5) is 19.3 Å². The number of carbonyl (C=O) groups is 1. The number of halogens is 2. The minimum Gasteiger partial charge on any atom is -0.406 e. The number of alkyl halides is 2. The van der Waals surface area contributed by atoms with Gasteiger partial charge in [0.1, 0.15) is 0 Å². The van der Waals surface area contributed by atoms with E-state index in [1.54, 1.807) is 48.5 Å². The zero-order chi connectivity index (χ0) is 19.4. The molecule has 0 saturated carbocycles. The van der Waals surface area contributed by atoms with Gasteiger partial charge in [0.25, 0.3) is 6.43 Å². The van der Waals surface area contributed by atoms with Gasteiger partial charge in [-0.15, -0.1) is 0 Å². The third-order valence-corrected chi connectivity index (χ3v) is 3.70. The van der Waals surface area contributed by atoms with Crippen molar-refractivity contribution in [1.29, 1.82) is 5.26 Å². The summed E-state index contributed by atoms with van der Waals surface area (Å²) in [4.78, 5) is 12.2. The third-order valence-electron chi connectivity index (χ3n) is 3.70. The normalized spacial score (nSPS) is 10.5. The number of nitrogens with one attached hydrogen (secondary N) is 1. The molecule has 27 heavy (non-hydrogen) atoms. The highest BCUT2D eigenvalue weighted by Crippen LogP contribution is 2.30. The molecule has 0 radical (unpaired) electrons. The Balaban J connectivity index is 1.84. The van der Waals surface area contributed by atoms with Crippen molar-refractivity contribution in [1.82, 2.24) is 9.78 Å². The molecule has 0 bridgehead atoms. The van der Waals surface area contributed by atoms with Crippen LogP contribution in [0.25, 0.3) is 11.1 Å². The molecule has 0 saturated heterocycles. The van der Waals surface area contributed by atoms with Gasteiger partial charge in [-0.1, -0.05) is 30.3 Å². The van der Waals surface area contributed by atoms with Gasteiger partial charge >= 0.3 is 6.09 Å². The second kappa shape index (κ2) is 7.66. The molecule has 0 atom stereocenters. The first kappa shape index (κ1) is 18.1. The Morgan fingerprint density at radius 1 is 1.26 bits per heavy atom. The Hall–Kier alpha value is -3.73. The predicted octanol–water partition coefficient (Wildman–Crippen LogP) is 4.51. The van der Waals surface area contributed by atoms with Gasteiger partial charge in [-0.05, 0) is 23.8 Å². The van der Waals surface area contributed by atoms with Crippen LogP contribution >= 0.6 is 0 Å². The van der Waals surface area contributed by atoms with E-state index < -0.39 is 18.2 Å². The monoisotopic (exact) mass is 368 g/mol. The molecule has 1 aromatic heterocycles. The maximum atomic E-state index is 13.0. The molecule has 0 fully saturated rings. The number of hydrogen-bond acceptors (Lipinski definition) is 4. The number of para-hydroxylation sites is 1. The highest BCUT2D eigenvalue weighted by atomic mass is 19.3. The molecule has 1 N–H and O–H groups in total. The zero-order valence-electron chi connectivity index (χ0n) is 14.2. The molecule has 3 rings (SSSR count). The van der Waals surface area contributed by atoms with Gasteiger partial charge in [-0.3, -0.25) is 10.00 Å². The van der Waals surface area contributed by atoms with E-state index in [1.165, 1.54) is 13.2 Å². The molecule has 0 unspecified atom stereocenters. The minimum absolute atomic E-state index is 0.311. The predicted molar refractivity (Wildman–Crippen MR) is 94.4 cm³/mol. The Bertz CT molecular complexity index is 1020. The number of aromatic nitrogens is 2. The maximum Gasteiger partial charge on any atom is 0.417 e.